The van der Waals surface area contributed by atoms with Crippen molar-refractivity contribution in [3.8, 4) is 11.6 Å². The molecule has 1 aromatic heterocycles. The Labute approximate surface area is 168 Å². The monoisotopic (exact) mass is 391 g/mol. The molecule has 7 nitrogen and oxygen atoms in total. The third-order valence-electron chi connectivity index (χ3n) is 4.01. The van der Waals surface area contributed by atoms with E-state index in [0.717, 1.165) is 5.56 Å². The highest BCUT2D eigenvalue weighted by Gasteiger charge is 2.13. The third-order valence-corrected chi connectivity index (χ3v) is 4.01. The fourth-order valence-corrected chi connectivity index (χ4v) is 2.61. The standard InChI is InChI=1S/C22H21N3O4/c1-15(26)24-19-9-8-18(28-2)13-20(19)25-22(27)17-10-11-23-21(12-17)29-14-16-6-4-3-5-7-16/h3-13H,14H2,1-2H3,(H,24,26)(H,25,27). The number of rotatable bonds is 7. The van der Waals surface area contributed by atoms with E-state index in [0.29, 0.717) is 35.2 Å². The molecule has 3 aromatic rings. The molecular weight excluding hydrogens is 370 g/mol. The van der Waals surface area contributed by atoms with Gasteiger partial charge in [-0.1, -0.05) is 30.3 Å². The highest BCUT2D eigenvalue weighted by molar-refractivity contribution is 6.07. The van der Waals surface area contributed by atoms with Crippen molar-refractivity contribution in [2.24, 2.45) is 0 Å². The van der Waals surface area contributed by atoms with Gasteiger partial charge in [-0.15, -0.1) is 0 Å². The van der Waals surface area contributed by atoms with Crippen LogP contribution in [0.1, 0.15) is 22.8 Å². The van der Waals surface area contributed by atoms with Gasteiger partial charge in [-0.2, -0.15) is 0 Å². The molecule has 29 heavy (non-hydrogen) atoms. The molecular formula is C22H21N3O4. The molecule has 0 saturated heterocycles. The van der Waals surface area contributed by atoms with Gasteiger partial charge in [-0.3, -0.25) is 9.59 Å². The Morgan fingerprint density at radius 3 is 2.48 bits per heavy atom. The molecule has 0 aliphatic heterocycles. The summed E-state index contributed by atoms with van der Waals surface area (Å²) in [6, 6.07) is 17.8. The van der Waals surface area contributed by atoms with Gasteiger partial charge in [0.15, 0.2) is 0 Å². The van der Waals surface area contributed by atoms with Crippen molar-refractivity contribution in [3.05, 3.63) is 78.0 Å². The van der Waals surface area contributed by atoms with Crippen molar-refractivity contribution >= 4 is 23.2 Å². The number of methoxy groups -OCH3 is 1. The highest BCUT2D eigenvalue weighted by atomic mass is 16.5. The zero-order chi connectivity index (χ0) is 20.6. The molecule has 0 fully saturated rings. The maximum absolute atomic E-state index is 12.7. The molecule has 0 saturated carbocycles. The first kappa shape index (κ1) is 19.9. The van der Waals surface area contributed by atoms with Gasteiger partial charge < -0.3 is 20.1 Å². The Morgan fingerprint density at radius 2 is 1.76 bits per heavy atom. The van der Waals surface area contributed by atoms with Crippen molar-refractivity contribution < 1.29 is 19.1 Å². The van der Waals surface area contributed by atoms with Crippen molar-refractivity contribution in [1.82, 2.24) is 4.98 Å². The summed E-state index contributed by atoms with van der Waals surface area (Å²) in [5.41, 5.74) is 2.27. The normalized spacial score (nSPS) is 10.1. The Kier molecular flexibility index (Phi) is 6.42. The number of hydrogen-bond donors (Lipinski definition) is 2. The van der Waals surface area contributed by atoms with Crippen LogP contribution in [0, 0.1) is 0 Å². The first-order valence-electron chi connectivity index (χ1n) is 8.95. The number of aromatic nitrogens is 1. The summed E-state index contributed by atoms with van der Waals surface area (Å²) >= 11 is 0. The number of amides is 2. The highest BCUT2D eigenvalue weighted by Crippen LogP contribution is 2.28. The maximum Gasteiger partial charge on any atom is 0.255 e. The van der Waals surface area contributed by atoms with Gasteiger partial charge in [-0.05, 0) is 23.8 Å². The van der Waals surface area contributed by atoms with E-state index in [4.69, 9.17) is 9.47 Å². The molecule has 1 heterocycles. The zero-order valence-corrected chi connectivity index (χ0v) is 16.1. The number of carbonyl (C=O) groups is 2. The predicted molar refractivity (Wildman–Crippen MR) is 110 cm³/mol. The summed E-state index contributed by atoms with van der Waals surface area (Å²) in [5.74, 6) is 0.285. The summed E-state index contributed by atoms with van der Waals surface area (Å²) in [6.07, 6.45) is 1.51. The average molecular weight is 391 g/mol. The Bertz CT molecular complexity index is 1010. The number of nitrogens with zero attached hydrogens (tertiary/aromatic N) is 1. The third kappa shape index (κ3) is 5.55. The van der Waals surface area contributed by atoms with Gasteiger partial charge in [0, 0.05) is 30.8 Å². The van der Waals surface area contributed by atoms with E-state index in [1.54, 1.807) is 30.3 Å². The van der Waals surface area contributed by atoms with E-state index in [2.05, 4.69) is 15.6 Å². The molecule has 0 radical (unpaired) electrons. The van der Waals surface area contributed by atoms with Crippen LogP contribution in [0.2, 0.25) is 0 Å². The molecule has 2 aromatic carbocycles. The Morgan fingerprint density at radius 1 is 0.966 bits per heavy atom. The van der Waals surface area contributed by atoms with E-state index in [9.17, 15) is 9.59 Å². The lowest BCUT2D eigenvalue weighted by atomic mass is 10.2. The van der Waals surface area contributed by atoms with Crippen LogP contribution in [0.5, 0.6) is 11.6 Å². The van der Waals surface area contributed by atoms with Crippen molar-refractivity contribution in [1.29, 1.82) is 0 Å². The summed E-state index contributed by atoms with van der Waals surface area (Å²) in [4.78, 5) is 28.3. The first-order chi connectivity index (χ1) is 14.0. The van der Waals surface area contributed by atoms with Crippen LogP contribution < -0.4 is 20.1 Å². The molecule has 2 N–H and O–H groups in total. The largest absolute Gasteiger partial charge is 0.497 e. The SMILES string of the molecule is COc1ccc(NC(C)=O)c(NC(=O)c2ccnc(OCc3ccccc3)c2)c1. The summed E-state index contributed by atoms with van der Waals surface area (Å²) < 4.78 is 10.9. The molecule has 0 unspecified atom stereocenters. The summed E-state index contributed by atoms with van der Waals surface area (Å²) in [6.45, 7) is 1.75. The molecule has 0 aliphatic carbocycles. The van der Waals surface area contributed by atoms with Crippen LogP contribution in [0.15, 0.2) is 66.9 Å². The molecule has 2 amide bonds. The second-order valence-electron chi connectivity index (χ2n) is 6.20. The number of nitrogens with one attached hydrogen (secondary N) is 2. The van der Waals surface area contributed by atoms with Crippen LogP contribution >= 0.6 is 0 Å². The fraction of sp³-hybridized carbons (Fsp3) is 0.136. The van der Waals surface area contributed by atoms with Gasteiger partial charge >= 0.3 is 0 Å². The second-order valence-corrected chi connectivity index (χ2v) is 6.20. The van der Waals surface area contributed by atoms with Crippen molar-refractivity contribution in [2.75, 3.05) is 17.7 Å². The van der Waals surface area contributed by atoms with Crippen molar-refractivity contribution in [3.63, 3.8) is 0 Å². The number of anilines is 2. The first-order valence-corrected chi connectivity index (χ1v) is 8.95. The number of carbonyl (C=O) groups excluding carboxylic acids is 2. The lowest BCUT2D eigenvalue weighted by Crippen LogP contribution is -2.15. The Hall–Kier alpha value is -3.87. The zero-order valence-electron chi connectivity index (χ0n) is 16.1. The lowest BCUT2D eigenvalue weighted by molar-refractivity contribution is -0.114. The predicted octanol–water partition coefficient (Wildman–Crippen LogP) is 3.88. The second kappa shape index (κ2) is 9.36. The van der Waals surface area contributed by atoms with E-state index < -0.39 is 0 Å². The number of ether oxygens (including phenoxy) is 2. The van der Waals surface area contributed by atoms with Gasteiger partial charge in [0.25, 0.3) is 5.91 Å². The minimum absolute atomic E-state index is 0.244. The summed E-state index contributed by atoms with van der Waals surface area (Å²) in [7, 11) is 1.53. The van der Waals surface area contributed by atoms with E-state index >= 15 is 0 Å². The number of pyridine rings is 1. The van der Waals surface area contributed by atoms with Gasteiger partial charge in [0.1, 0.15) is 12.4 Å². The smallest absolute Gasteiger partial charge is 0.255 e. The molecule has 7 heteroatoms. The molecule has 148 valence electrons. The summed E-state index contributed by atoms with van der Waals surface area (Å²) in [5, 5.41) is 5.48. The van der Waals surface area contributed by atoms with Crippen LogP contribution in [0.25, 0.3) is 0 Å². The molecule has 0 aliphatic rings. The number of benzene rings is 2. The average Bonchev–Trinajstić information content (AvgIpc) is 2.74. The molecule has 0 atom stereocenters. The van der Waals surface area contributed by atoms with Gasteiger partial charge in [0.2, 0.25) is 11.8 Å². The fourth-order valence-electron chi connectivity index (χ4n) is 2.61. The lowest BCUT2D eigenvalue weighted by Gasteiger charge is -2.13. The quantitative estimate of drug-likeness (QED) is 0.638. The number of hydrogen-bond acceptors (Lipinski definition) is 5. The topological polar surface area (TPSA) is 89.6 Å². The molecule has 0 spiro atoms. The minimum atomic E-state index is -0.364. The van der Waals surface area contributed by atoms with Crippen LogP contribution in [0.4, 0.5) is 11.4 Å². The molecule has 3 rings (SSSR count). The van der Waals surface area contributed by atoms with Crippen LogP contribution in [-0.4, -0.2) is 23.9 Å². The van der Waals surface area contributed by atoms with E-state index in [1.165, 1.54) is 20.2 Å². The maximum atomic E-state index is 12.7. The van der Waals surface area contributed by atoms with E-state index in [1.807, 2.05) is 30.3 Å². The Balaban J connectivity index is 1.74. The van der Waals surface area contributed by atoms with Crippen LogP contribution in [-0.2, 0) is 11.4 Å². The van der Waals surface area contributed by atoms with Crippen LogP contribution in [0.3, 0.4) is 0 Å². The van der Waals surface area contributed by atoms with Gasteiger partial charge in [0.05, 0.1) is 18.5 Å². The van der Waals surface area contributed by atoms with Crippen molar-refractivity contribution in [2.45, 2.75) is 13.5 Å². The minimum Gasteiger partial charge on any atom is -0.497 e. The molecule has 0 bridgehead atoms. The van der Waals surface area contributed by atoms with E-state index in [-0.39, 0.29) is 11.8 Å². The van der Waals surface area contributed by atoms with Gasteiger partial charge in [-0.25, -0.2) is 4.98 Å².